The average molecular weight is 413 g/mol. The molecule has 0 saturated carbocycles. The Morgan fingerprint density at radius 2 is 1.64 bits per heavy atom. The number of aryl methyl sites for hydroxylation is 1. The monoisotopic (exact) mass is 413 g/mol. The van der Waals surface area contributed by atoms with Crippen LogP contribution >= 0.6 is 0 Å². The van der Waals surface area contributed by atoms with E-state index >= 15 is 0 Å². The van der Waals surface area contributed by atoms with Crippen LogP contribution in [0.2, 0.25) is 0 Å². The van der Waals surface area contributed by atoms with Crippen LogP contribution in [0.1, 0.15) is 12.5 Å². The van der Waals surface area contributed by atoms with Crippen LogP contribution in [0.3, 0.4) is 0 Å². The van der Waals surface area contributed by atoms with Gasteiger partial charge in [0.25, 0.3) is 0 Å². The Morgan fingerprint density at radius 1 is 1.09 bits per heavy atom. The van der Waals surface area contributed by atoms with E-state index in [1.807, 2.05) is 24.3 Å². The molecule has 0 amide bonds. The molecule has 2 aromatic carbocycles. The summed E-state index contributed by atoms with van der Waals surface area (Å²) in [4.78, 5) is 11.3. The summed E-state index contributed by atoms with van der Waals surface area (Å²) in [6.45, 7) is 3.25. The number of benzene rings is 2. The summed E-state index contributed by atoms with van der Waals surface area (Å²) in [6.07, 6.45) is -1.11. The minimum atomic E-state index is -1.11. The molecule has 0 aliphatic carbocycles. The topological polar surface area (TPSA) is 55.8 Å². The summed E-state index contributed by atoms with van der Waals surface area (Å²) in [6, 6.07) is 16.3. The van der Waals surface area contributed by atoms with E-state index < -0.39 is 12.3 Å². The number of aliphatic hydroxyl groups is 1. The molecule has 4 nitrogen and oxygen atoms in total. The molecule has 0 fully saturated rings. The van der Waals surface area contributed by atoms with Gasteiger partial charge in [0.05, 0.1) is 0 Å². The van der Waals surface area contributed by atoms with Gasteiger partial charge in [0, 0.05) is 0 Å². The molecule has 5 heteroatoms. The quantitative estimate of drug-likeness (QED) is 0.390. The molecule has 0 bridgehead atoms. The number of carbonyl (C=O) groups is 1. The van der Waals surface area contributed by atoms with Gasteiger partial charge in [-0.3, -0.25) is 0 Å². The van der Waals surface area contributed by atoms with Crippen molar-refractivity contribution < 1.29 is 40.6 Å². The zero-order valence-electron chi connectivity index (χ0n) is 12.5. The Morgan fingerprint density at radius 3 is 2.18 bits per heavy atom. The third-order valence-electron chi connectivity index (χ3n) is 2.70. The van der Waals surface area contributed by atoms with Crippen LogP contribution in [0, 0.1) is 14.1 Å². The molecule has 0 radical (unpaired) electrons. The number of esters is 1. The molecule has 0 aliphatic rings. The van der Waals surface area contributed by atoms with Gasteiger partial charge in [0.2, 0.25) is 0 Å². The standard InChI is InChI=1S/C17H18IO4/c1-12-3-5-14(6-4-12)18-15-7-9-16(10-8-15)21-11-17(20)22-13(2)19/h3-10,13,19H,11H2,1-2H3/q-1. The van der Waals surface area contributed by atoms with Gasteiger partial charge in [0.15, 0.2) is 0 Å². The van der Waals surface area contributed by atoms with E-state index in [0.29, 0.717) is 5.75 Å². The molecule has 1 N–H and O–H groups in total. The summed E-state index contributed by atoms with van der Waals surface area (Å²) in [5.41, 5.74) is 1.26. The molecule has 0 spiro atoms. The zero-order chi connectivity index (χ0) is 15.9. The first kappa shape index (κ1) is 16.8. The fourth-order valence-electron chi connectivity index (χ4n) is 1.68. The molecule has 0 aromatic heterocycles. The predicted molar refractivity (Wildman–Crippen MR) is 78.3 cm³/mol. The first-order valence-corrected chi connectivity index (χ1v) is 9.00. The van der Waals surface area contributed by atoms with E-state index in [0.717, 1.165) is 0 Å². The number of aliphatic hydroxyl groups excluding tert-OH is 1. The molecule has 0 heterocycles. The van der Waals surface area contributed by atoms with Crippen LogP contribution in [-0.4, -0.2) is 24.0 Å². The van der Waals surface area contributed by atoms with Crippen LogP contribution in [-0.2, 0) is 9.53 Å². The van der Waals surface area contributed by atoms with E-state index in [-0.39, 0.29) is 27.8 Å². The second kappa shape index (κ2) is 8.14. The molecule has 1 atom stereocenters. The molecule has 118 valence electrons. The van der Waals surface area contributed by atoms with Crippen molar-refractivity contribution in [2.75, 3.05) is 6.61 Å². The number of hydrogen-bond acceptors (Lipinski definition) is 4. The molecular formula is C17H18IO4-. The molecule has 2 aromatic rings. The fourth-order valence-corrected chi connectivity index (χ4v) is 3.84. The van der Waals surface area contributed by atoms with Crippen molar-refractivity contribution in [1.29, 1.82) is 0 Å². The Bertz CT molecular complexity index is 606. The van der Waals surface area contributed by atoms with Gasteiger partial charge < -0.3 is 0 Å². The van der Waals surface area contributed by atoms with Crippen molar-refractivity contribution in [3.05, 3.63) is 61.2 Å². The van der Waals surface area contributed by atoms with Crippen LogP contribution in [0.5, 0.6) is 5.75 Å². The van der Waals surface area contributed by atoms with Crippen molar-refractivity contribution in [2.45, 2.75) is 20.1 Å². The SMILES string of the molecule is Cc1ccc([I-]c2ccc(OCC(=O)OC(C)O)cc2)cc1. The minimum absolute atomic E-state index is 0.211. The Balaban J connectivity index is 1.87. The van der Waals surface area contributed by atoms with Gasteiger partial charge in [-0.05, 0) is 0 Å². The molecule has 2 rings (SSSR count). The van der Waals surface area contributed by atoms with Crippen molar-refractivity contribution in [1.82, 2.24) is 0 Å². The number of carbonyl (C=O) groups excluding carboxylic acids is 1. The summed E-state index contributed by atoms with van der Waals surface area (Å²) in [5, 5.41) is 8.92. The molecular weight excluding hydrogens is 395 g/mol. The Hall–Kier alpha value is -1.60. The van der Waals surface area contributed by atoms with E-state index in [1.165, 1.54) is 19.6 Å². The van der Waals surface area contributed by atoms with E-state index in [9.17, 15) is 4.79 Å². The van der Waals surface area contributed by atoms with Gasteiger partial charge in [-0.15, -0.1) is 0 Å². The normalized spacial score (nSPS) is 12.0. The van der Waals surface area contributed by atoms with E-state index in [1.54, 1.807) is 0 Å². The van der Waals surface area contributed by atoms with Gasteiger partial charge >= 0.3 is 140 Å². The summed E-state index contributed by atoms with van der Waals surface area (Å²) in [7, 11) is 0. The first-order chi connectivity index (χ1) is 10.5. The molecule has 0 saturated heterocycles. The van der Waals surface area contributed by atoms with Gasteiger partial charge in [-0.25, -0.2) is 0 Å². The van der Waals surface area contributed by atoms with Crippen LogP contribution < -0.4 is 25.9 Å². The summed E-state index contributed by atoms with van der Waals surface area (Å²) < 4.78 is 12.5. The van der Waals surface area contributed by atoms with Crippen LogP contribution in [0.15, 0.2) is 48.5 Å². The van der Waals surface area contributed by atoms with E-state index in [4.69, 9.17) is 9.84 Å². The van der Waals surface area contributed by atoms with Crippen molar-refractivity contribution in [2.24, 2.45) is 0 Å². The third-order valence-corrected chi connectivity index (χ3v) is 5.39. The number of rotatable bonds is 6. The molecule has 22 heavy (non-hydrogen) atoms. The maximum absolute atomic E-state index is 11.3. The number of ether oxygens (including phenoxy) is 2. The van der Waals surface area contributed by atoms with Gasteiger partial charge in [0.1, 0.15) is 0 Å². The maximum atomic E-state index is 11.3. The van der Waals surface area contributed by atoms with Crippen molar-refractivity contribution >= 4 is 5.97 Å². The second-order valence-corrected chi connectivity index (χ2v) is 7.75. The molecule has 0 aliphatic heterocycles. The predicted octanol–water partition coefficient (Wildman–Crippen LogP) is -0.616. The van der Waals surface area contributed by atoms with Crippen LogP contribution in [0.25, 0.3) is 0 Å². The summed E-state index contributed by atoms with van der Waals surface area (Å²) in [5.74, 6) is 0.0189. The second-order valence-electron chi connectivity index (χ2n) is 4.72. The number of hydrogen-bond donors (Lipinski definition) is 1. The summed E-state index contributed by atoms with van der Waals surface area (Å²) >= 11 is -0.212. The van der Waals surface area contributed by atoms with Crippen molar-refractivity contribution in [3.8, 4) is 5.75 Å². The first-order valence-electron chi connectivity index (χ1n) is 6.85. The fraction of sp³-hybridized carbons (Fsp3) is 0.235. The Kier molecular flexibility index (Phi) is 6.21. The van der Waals surface area contributed by atoms with Crippen LogP contribution in [0.4, 0.5) is 0 Å². The number of halogens is 1. The van der Waals surface area contributed by atoms with Gasteiger partial charge in [-0.2, -0.15) is 0 Å². The van der Waals surface area contributed by atoms with Crippen molar-refractivity contribution in [3.63, 3.8) is 0 Å². The van der Waals surface area contributed by atoms with Gasteiger partial charge in [-0.1, -0.05) is 0 Å². The van der Waals surface area contributed by atoms with E-state index in [2.05, 4.69) is 35.9 Å². The average Bonchev–Trinajstić information content (AvgIpc) is 2.48. The zero-order valence-corrected chi connectivity index (χ0v) is 14.6. The molecule has 1 unspecified atom stereocenters. The Labute approximate surface area is 140 Å². The third kappa shape index (κ3) is 5.65.